The van der Waals surface area contributed by atoms with Crippen LogP contribution in [0.1, 0.15) is 44.2 Å². The number of hydrogen-bond donors (Lipinski definition) is 3. The van der Waals surface area contributed by atoms with Gasteiger partial charge in [0.15, 0.2) is 0 Å². The highest BCUT2D eigenvalue weighted by atomic mass is 79.9. The van der Waals surface area contributed by atoms with E-state index >= 15 is 0 Å². The fourth-order valence-corrected chi connectivity index (χ4v) is 3.33. The van der Waals surface area contributed by atoms with E-state index in [0.717, 1.165) is 9.35 Å². The largest absolute Gasteiger partial charge is 0.444 e. The van der Waals surface area contributed by atoms with E-state index in [1.807, 2.05) is 26.8 Å². The fourth-order valence-electron chi connectivity index (χ4n) is 1.88. The van der Waals surface area contributed by atoms with Gasteiger partial charge in [-0.1, -0.05) is 0 Å². The predicted molar refractivity (Wildman–Crippen MR) is 95.7 cm³/mol. The van der Waals surface area contributed by atoms with Gasteiger partial charge in [-0.25, -0.2) is 4.79 Å². The van der Waals surface area contributed by atoms with Crippen molar-refractivity contribution in [3.8, 4) is 0 Å². The zero-order valence-corrected chi connectivity index (χ0v) is 16.0. The number of H-pyrrole nitrogens is 1. The average Bonchev–Trinajstić information content (AvgIpc) is 3.03. The summed E-state index contributed by atoms with van der Waals surface area (Å²) in [5.41, 5.74) is 0.335. The lowest BCUT2D eigenvalue weighted by molar-refractivity contribution is 0.0635. The Morgan fingerprint density at radius 2 is 2.22 bits per heavy atom. The Morgan fingerprint density at radius 1 is 1.48 bits per heavy atom. The van der Waals surface area contributed by atoms with Crippen molar-refractivity contribution >= 4 is 39.2 Å². The van der Waals surface area contributed by atoms with Crippen LogP contribution in [0.2, 0.25) is 0 Å². The molecule has 2 aromatic rings. The zero-order chi connectivity index (χ0) is 17.0. The number of nitrogens with zero attached hydrogens (tertiary/aromatic N) is 1. The number of halogens is 1. The number of thiophene rings is 1. The van der Waals surface area contributed by atoms with E-state index in [2.05, 4.69) is 49.8 Å². The van der Waals surface area contributed by atoms with Crippen LogP contribution in [-0.2, 0) is 11.3 Å². The second-order valence-electron chi connectivity index (χ2n) is 6.14. The molecule has 126 valence electrons. The molecule has 8 heteroatoms. The molecule has 0 aliphatic rings. The number of amides is 1. The summed E-state index contributed by atoms with van der Waals surface area (Å²) in [4.78, 5) is 13.1. The van der Waals surface area contributed by atoms with E-state index in [1.54, 1.807) is 17.5 Å². The smallest absolute Gasteiger partial charge is 0.413 e. The molecule has 0 fully saturated rings. The number of nitrogens with one attached hydrogen (secondary N) is 3. The molecule has 2 rings (SSSR count). The summed E-state index contributed by atoms with van der Waals surface area (Å²) < 4.78 is 6.35. The van der Waals surface area contributed by atoms with Crippen molar-refractivity contribution < 1.29 is 9.53 Å². The number of rotatable bonds is 5. The molecule has 0 bridgehead atoms. The molecule has 1 unspecified atom stereocenters. The standard InChI is InChI=1S/C15H21BrN4O2S/c1-9(11-5-6-12(16)23-11)17-7-10-8-18-20-13(10)19-14(21)22-15(2,3)4/h5-6,8-9,17H,7H2,1-4H3,(H2,18,19,20,21). The lowest BCUT2D eigenvalue weighted by Gasteiger charge is -2.19. The molecule has 2 aromatic heterocycles. The molecule has 0 aliphatic carbocycles. The Morgan fingerprint density at radius 3 is 2.83 bits per heavy atom. The van der Waals surface area contributed by atoms with Gasteiger partial charge in [-0.15, -0.1) is 11.3 Å². The molecular weight excluding hydrogens is 380 g/mol. The fraction of sp³-hybridized carbons (Fsp3) is 0.467. The molecule has 0 radical (unpaired) electrons. The maximum atomic E-state index is 11.8. The van der Waals surface area contributed by atoms with Crippen molar-refractivity contribution in [2.24, 2.45) is 0 Å². The Hall–Kier alpha value is -1.38. The SMILES string of the molecule is CC(NCc1cn[nH]c1NC(=O)OC(C)(C)C)c1ccc(Br)s1. The third kappa shape index (κ3) is 5.63. The number of ether oxygens (including phenoxy) is 1. The summed E-state index contributed by atoms with van der Waals surface area (Å²) in [6, 6.07) is 4.32. The van der Waals surface area contributed by atoms with Crippen molar-refractivity contribution in [3.05, 3.63) is 32.6 Å². The van der Waals surface area contributed by atoms with Gasteiger partial charge in [-0.3, -0.25) is 10.4 Å². The van der Waals surface area contributed by atoms with E-state index in [-0.39, 0.29) is 6.04 Å². The van der Waals surface area contributed by atoms with Gasteiger partial charge in [0.25, 0.3) is 0 Å². The van der Waals surface area contributed by atoms with Gasteiger partial charge in [-0.05, 0) is 55.8 Å². The van der Waals surface area contributed by atoms with E-state index in [0.29, 0.717) is 12.4 Å². The quantitative estimate of drug-likeness (QED) is 0.693. The molecule has 3 N–H and O–H groups in total. The minimum atomic E-state index is -0.538. The number of hydrogen-bond acceptors (Lipinski definition) is 5. The third-order valence-electron chi connectivity index (χ3n) is 2.96. The van der Waals surface area contributed by atoms with Crippen LogP contribution in [0.15, 0.2) is 22.1 Å². The molecule has 6 nitrogen and oxygen atoms in total. The molecule has 1 amide bonds. The van der Waals surface area contributed by atoms with E-state index in [4.69, 9.17) is 4.74 Å². The van der Waals surface area contributed by atoms with E-state index < -0.39 is 11.7 Å². The van der Waals surface area contributed by atoms with Gasteiger partial charge >= 0.3 is 6.09 Å². The topological polar surface area (TPSA) is 79.0 Å². The lowest BCUT2D eigenvalue weighted by Crippen LogP contribution is -2.28. The van der Waals surface area contributed by atoms with Crippen molar-refractivity contribution in [2.75, 3.05) is 5.32 Å². The van der Waals surface area contributed by atoms with E-state index in [1.165, 1.54) is 4.88 Å². The van der Waals surface area contributed by atoms with Gasteiger partial charge < -0.3 is 10.1 Å². The first kappa shape index (κ1) is 18.0. The highest BCUT2D eigenvalue weighted by Crippen LogP contribution is 2.27. The third-order valence-corrected chi connectivity index (χ3v) is 4.77. The van der Waals surface area contributed by atoms with Crippen LogP contribution in [0, 0.1) is 0 Å². The van der Waals surface area contributed by atoms with Crippen molar-refractivity contribution in [1.82, 2.24) is 15.5 Å². The monoisotopic (exact) mass is 400 g/mol. The summed E-state index contributed by atoms with van der Waals surface area (Å²) in [6.45, 7) is 8.15. The Bertz CT molecular complexity index is 662. The van der Waals surface area contributed by atoms with Gasteiger partial charge in [0.2, 0.25) is 0 Å². The number of carbonyl (C=O) groups is 1. The molecule has 0 aliphatic heterocycles. The number of carbonyl (C=O) groups excluding carboxylic acids is 1. The van der Waals surface area contributed by atoms with Crippen molar-refractivity contribution in [1.29, 1.82) is 0 Å². The van der Waals surface area contributed by atoms with E-state index in [9.17, 15) is 4.79 Å². The zero-order valence-electron chi connectivity index (χ0n) is 13.6. The Labute approximate surface area is 148 Å². The predicted octanol–water partition coefficient (Wildman–Crippen LogP) is 4.43. The van der Waals surface area contributed by atoms with Crippen LogP contribution >= 0.6 is 27.3 Å². The van der Waals surface area contributed by atoms with Crippen LogP contribution in [0.4, 0.5) is 10.6 Å². The van der Waals surface area contributed by atoms with Gasteiger partial charge in [0, 0.05) is 23.0 Å². The summed E-state index contributed by atoms with van der Waals surface area (Å²) in [6.07, 6.45) is 1.19. The molecule has 0 aromatic carbocycles. The Balaban J connectivity index is 1.92. The average molecular weight is 401 g/mol. The molecule has 1 atom stereocenters. The van der Waals surface area contributed by atoms with Gasteiger partial charge in [0.05, 0.1) is 9.98 Å². The molecule has 0 saturated carbocycles. The Kier molecular flexibility index (Phi) is 5.83. The minimum Gasteiger partial charge on any atom is -0.444 e. The number of anilines is 1. The second kappa shape index (κ2) is 7.46. The maximum absolute atomic E-state index is 11.8. The number of aromatic amines is 1. The molecular formula is C15H21BrN4O2S. The summed E-state index contributed by atoms with van der Waals surface area (Å²) >= 11 is 5.16. The lowest BCUT2D eigenvalue weighted by atomic mass is 10.2. The molecule has 23 heavy (non-hydrogen) atoms. The van der Waals surface area contributed by atoms with Crippen LogP contribution in [0.5, 0.6) is 0 Å². The van der Waals surface area contributed by atoms with Gasteiger partial charge in [0.1, 0.15) is 11.4 Å². The molecule has 0 saturated heterocycles. The first-order valence-corrected chi connectivity index (χ1v) is 8.86. The highest BCUT2D eigenvalue weighted by molar-refractivity contribution is 9.11. The van der Waals surface area contributed by atoms with Crippen molar-refractivity contribution in [2.45, 2.75) is 45.9 Å². The summed E-state index contributed by atoms with van der Waals surface area (Å²) in [5, 5.41) is 12.9. The second-order valence-corrected chi connectivity index (χ2v) is 8.64. The highest BCUT2D eigenvalue weighted by Gasteiger charge is 2.18. The first-order chi connectivity index (χ1) is 10.7. The summed E-state index contributed by atoms with van der Waals surface area (Å²) in [5.74, 6) is 0.548. The van der Waals surface area contributed by atoms with Gasteiger partial charge in [-0.2, -0.15) is 5.10 Å². The molecule has 2 heterocycles. The molecule has 0 spiro atoms. The maximum Gasteiger partial charge on any atom is 0.413 e. The van der Waals surface area contributed by atoms with Crippen LogP contribution in [-0.4, -0.2) is 21.9 Å². The van der Waals surface area contributed by atoms with Crippen LogP contribution < -0.4 is 10.6 Å². The van der Waals surface area contributed by atoms with Crippen molar-refractivity contribution in [3.63, 3.8) is 0 Å². The first-order valence-electron chi connectivity index (χ1n) is 7.25. The van der Waals surface area contributed by atoms with Crippen LogP contribution in [0.3, 0.4) is 0 Å². The minimum absolute atomic E-state index is 0.204. The number of aromatic nitrogens is 2. The van der Waals surface area contributed by atoms with Crippen LogP contribution in [0.25, 0.3) is 0 Å². The normalized spacial score (nSPS) is 12.9. The summed E-state index contributed by atoms with van der Waals surface area (Å²) in [7, 11) is 0.